The SMILES string of the molecule is C.O=C(NCC1CC1)[C@@H]1Cc2c([nH]c3ccccc23)[C@H](c2ccc3c(c2)OCO3)N1. The largest absolute Gasteiger partial charge is 0.454 e. The zero-order chi connectivity index (χ0) is 19.4. The van der Waals surface area contributed by atoms with Crippen LogP contribution in [0.15, 0.2) is 42.5 Å². The number of nitrogens with one attached hydrogen (secondary N) is 3. The van der Waals surface area contributed by atoms with Gasteiger partial charge in [-0.05, 0) is 54.5 Å². The third-order valence-corrected chi connectivity index (χ3v) is 6.22. The van der Waals surface area contributed by atoms with Crippen molar-refractivity contribution in [1.82, 2.24) is 15.6 Å². The fraction of sp³-hybridized carbons (Fsp3) is 0.375. The average Bonchev–Trinajstić information content (AvgIpc) is 3.33. The molecule has 1 aromatic heterocycles. The first kappa shape index (κ1) is 19.0. The molecule has 156 valence electrons. The number of carbonyl (C=O) groups excluding carboxylic acids is 1. The van der Waals surface area contributed by atoms with E-state index in [4.69, 9.17) is 9.47 Å². The second-order valence-electron chi connectivity index (χ2n) is 8.22. The van der Waals surface area contributed by atoms with E-state index in [1.807, 2.05) is 24.3 Å². The fourth-order valence-electron chi connectivity index (χ4n) is 4.45. The van der Waals surface area contributed by atoms with E-state index < -0.39 is 0 Å². The van der Waals surface area contributed by atoms with Crippen molar-refractivity contribution >= 4 is 16.8 Å². The molecule has 0 bridgehead atoms. The molecule has 0 saturated heterocycles. The number of para-hydroxylation sites is 1. The quantitative estimate of drug-likeness (QED) is 0.619. The Morgan fingerprint density at radius 1 is 1.10 bits per heavy atom. The molecule has 1 fully saturated rings. The molecule has 1 amide bonds. The summed E-state index contributed by atoms with van der Waals surface area (Å²) in [6, 6.07) is 13.9. The molecule has 6 nitrogen and oxygen atoms in total. The van der Waals surface area contributed by atoms with Crippen LogP contribution in [0.1, 0.15) is 43.1 Å². The zero-order valence-electron chi connectivity index (χ0n) is 16.0. The van der Waals surface area contributed by atoms with E-state index in [1.54, 1.807) is 0 Å². The monoisotopic (exact) mass is 405 g/mol. The van der Waals surface area contributed by atoms with E-state index in [0.29, 0.717) is 12.3 Å². The standard InChI is InChI=1S/C23H23N3O3.CH4/c27-23(24-11-13-5-6-13)18-10-16-15-3-1-2-4-17(15)25-22(16)21(26-18)14-7-8-19-20(9-14)29-12-28-19;/h1-4,7-9,13,18,21,25-26H,5-6,10-12H2,(H,24,27);1H4/t18-,21-;/m0./s1. The number of aromatic nitrogens is 1. The normalized spacial score (nSPS) is 21.7. The highest BCUT2D eigenvalue weighted by Gasteiger charge is 2.35. The summed E-state index contributed by atoms with van der Waals surface area (Å²) in [4.78, 5) is 16.5. The third kappa shape index (κ3) is 3.21. The van der Waals surface area contributed by atoms with Gasteiger partial charge in [0.2, 0.25) is 12.7 Å². The highest BCUT2D eigenvalue weighted by molar-refractivity contribution is 5.88. The van der Waals surface area contributed by atoms with E-state index in [0.717, 1.165) is 34.8 Å². The summed E-state index contributed by atoms with van der Waals surface area (Å²) in [6.07, 6.45) is 3.13. The molecule has 1 aliphatic carbocycles. The summed E-state index contributed by atoms with van der Waals surface area (Å²) in [5.74, 6) is 2.26. The summed E-state index contributed by atoms with van der Waals surface area (Å²) in [7, 11) is 0. The first-order valence-electron chi connectivity index (χ1n) is 10.3. The lowest BCUT2D eigenvalue weighted by atomic mass is 9.90. The number of amides is 1. The van der Waals surface area contributed by atoms with Crippen molar-refractivity contribution in [3.8, 4) is 11.5 Å². The lowest BCUT2D eigenvalue weighted by molar-refractivity contribution is -0.123. The average molecular weight is 405 g/mol. The Kier molecular flexibility index (Phi) is 4.66. The number of ether oxygens (including phenoxy) is 2. The molecule has 2 aliphatic heterocycles. The van der Waals surface area contributed by atoms with Gasteiger partial charge < -0.3 is 19.8 Å². The number of aromatic amines is 1. The van der Waals surface area contributed by atoms with Gasteiger partial charge in [0, 0.05) is 23.1 Å². The maximum absolute atomic E-state index is 12.9. The molecule has 2 aromatic carbocycles. The molecule has 2 atom stereocenters. The minimum atomic E-state index is -0.268. The molecular weight excluding hydrogens is 378 g/mol. The molecule has 0 spiro atoms. The number of benzene rings is 2. The van der Waals surface area contributed by atoms with Gasteiger partial charge in [0.05, 0.1) is 12.1 Å². The van der Waals surface area contributed by atoms with Crippen LogP contribution in [-0.4, -0.2) is 30.3 Å². The van der Waals surface area contributed by atoms with Gasteiger partial charge in [-0.15, -0.1) is 0 Å². The Labute approximate surface area is 176 Å². The van der Waals surface area contributed by atoms with Crippen molar-refractivity contribution < 1.29 is 14.3 Å². The van der Waals surface area contributed by atoms with Crippen LogP contribution in [0.5, 0.6) is 11.5 Å². The number of rotatable bonds is 4. The molecule has 0 unspecified atom stereocenters. The Bertz CT molecular complexity index is 1100. The lowest BCUT2D eigenvalue weighted by Gasteiger charge is -2.31. The van der Waals surface area contributed by atoms with Gasteiger partial charge in [-0.3, -0.25) is 10.1 Å². The van der Waals surface area contributed by atoms with Crippen LogP contribution in [0.25, 0.3) is 10.9 Å². The molecule has 3 aromatic rings. The number of hydrogen-bond donors (Lipinski definition) is 3. The second-order valence-corrected chi connectivity index (χ2v) is 8.22. The van der Waals surface area contributed by atoms with Gasteiger partial charge in [-0.25, -0.2) is 0 Å². The van der Waals surface area contributed by atoms with Crippen LogP contribution >= 0.6 is 0 Å². The van der Waals surface area contributed by atoms with E-state index in [9.17, 15) is 4.79 Å². The Morgan fingerprint density at radius 2 is 1.93 bits per heavy atom. The highest BCUT2D eigenvalue weighted by atomic mass is 16.7. The summed E-state index contributed by atoms with van der Waals surface area (Å²) < 4.78 is 11.0. The highest BCUT2D eigenvalue weighted by Crippen LogP contribution is 2.39. The van der Waals surface area contributed by atoms with Gasteiger partial charge in [0.1, 0.15) is 0 Å². The lowest BCUT2D eigenvalue weighted by Crippen LogP contribution is -2.50. The molecule has 3 N–H and O–H groups in total. The molecule has 0 radical (unpaired) electrons. The summed E-state index contributed by atoms with van der Waals surface area (Å²) in [5, 5.41) is 7.91. The Hall–Kier alpha value is -2.99. The van der Waals surface area contributed by atoms with Crippen LogP contribution in [0.2, 0.25) is 0 Å². The van der Waals surface area contributed by atoms with E-state index in [1.165, 1.54) is 23.8 Å². The van der Waals surface area contributed by atoms with E-state index in [2.05, 4.69) is 33.8 Å². The minimum Gasteiger partial charge on any atom is -0.454 e. The topological polar surface area (TPSA) is 75.4 Å². The van der Waals surface area contributed by atoms with Gasteiger partial charge in [0.25, 0.3) is 0 Å². The van der Waals surface area contributed by atoms with Crippen molar-refractivity contribution in [1.29, 1.82) is 0 Å². The Balaban J connectivity index is 0.00000193. The van der Waals surface area contributed by atoms with E-state index in [-0.39, 0.29) is 32.2 Å². The van der Waals surface area contributed by atoms with Crippen LogP contribution in [0.4, 0.5) is 0 Å². The third-order valence-electron chi connectivity index (χ3n) is 6.22. The van der Waals surface area contributed by atoms with E-state index >= 15 is 0 Å². The number of H-pyrrole nitrogens is 1. The van der Waals surface area contributed by atoms with Gasteiger partial charge in [0.15, 0.2) is 11.5 Å². The molecule has 3 aliphatic rings. The summed E-state index contributed by atoms with van der Waals surface area (Å²) in [5.41, 5.74) is 4.50. The predicted octanol–water partition coefficient (Wildman–Crippen LogP) is 3.66. The minimum absolute atomic E-state index is 0. The zero-order valence-corrected chi connectivity index (χ0v) is 16.0. The molecule has 3 heterocycles. The van der Waals surface area contributed by atoms with Gasteiger partial charge in [-0.2, -0.15) is 0 Å². The van der Waals surface area contributed by atoms with Crippen molar-refractivity contribution in [3.05, 3.63) is 59.3 Å². The van der Waals surface area contributed by atoms with Gasteiger partial charge in [-0.1, -0.05) is 31.7 Å². The summed E-state index contributed by atoms with van der Waals surface area (Å²) >= 11 is 0. The first-order chi connectivity index (χ1) is 14.3. The van der Waals surface area contributed by atoms with Gasteiger partial charge >= 0.3 is 0 Å². The van der Waals surface area contributed by atoms with Crippen molar-refractivity contribution in [3.63, 3.8) is 0 Å². The molecular formula is C24H27N3O3. The molecule has 30 heavy (non-hydrogen) atoms. The van der Waals surface area contributed by atoms with Crippen molar-refractivity contribution in [2.75, 3.05) is 13.3 Å². The number of hydrogen-bond acceptors (Lipinski definition) is 4. The number of carbonyl (C=O) groups is 1. The van der Waals surface area contributed by atoms with Crippen LogP contribution < -0.4 is 20.1 Å². The van der Waals surface area contributed by atoms with Crippen LogP contribution in [0, 0.1) is 5.92 Å². The predicted molar refractivity (Wildman–Crippen MR) is 116 cm³/mol. The maximum Gasteiger partial charge on any atom is 0.237 e. The van der Waals surface area contributed by atoms with Crippen molar-refractivity contribution in [2.24, 2.45) is 5.92 Å². The Morgan fingerprint density at radius 3 is 2.80 bits per heavy atom. The fourth-order valence-corrected chi connectivity index (χ4v) is 4.45. The smallest absolute Gasteiger partial charge is 0.237 e. The second kappa shape index (κ2) is 7.36. The van der Waals surface area contributed by atoms with Crippen molar-refractivity contribution in [2.45, 2.75) is 38.8 Å². The van der Waals surface area contributed by atoms with Crippen LogP contribution in [-0.2, 0) is 11.2 Å². The maximum atomic E-state index is 12.9. The number of fused-ring (bicyclic) bond motifs is 4. The molecule has 1 saturated carbocycles. The summed E-state index contributed by atoms with van der Waals surface area (Å²) in [6.45, 7) is 1.03. The molecule has 6 heteroatoms. The van der Waals surface area contributed by atoms with Crippen LogP contribution in [0.3, 0.4) is 0 Å². The molecule has 6 rings (SSSR count). The first-order valence-corrected chi connectivity index (χ1v) is 10.3.